The van der Waals surface area contributed by atoms with Crippen molar-refractivity contribution in [3.8, 4) is 0 Å². The molecule has 0 aliphatic carbocycles. The predicted molar refractivity (Wildman–Crippen MR) is 111 cm³/mol. The first kappa shape index (κ1) is 29.5. The zero-order valence-corrected chi connectivity index (χ0v) is 21.9. The standard InChI is InChI=1S/C12H23O.C9H14NO2S.Y/c1-9(8-11(2,3)4)10(13)12(5,6)7;1-3-5-10-8(11)6-7(9(10)12)13-4-2;/h9H,1,8H2,2-7H3;7H,2-6H2,1H3;/q2*-1;. The van der Waals surface area contributed by atoms with E-state index in [0.717, 1.165) is 12.8 Å². The zero-order valence-electron chi connectivity index (χ0n) is 18.3. The summed E-state index contributed by atoms with van der Waals surface area (Å²) in [5, 5.41) is -0.170. The van der Waals surface area contributed by atoms with Crippen molar-refractivity contribution in [2.75, 3.05) is 12.3 Å². The average molecular weight is 473 g/mol. The molecule has 1 radical (unpaired) electrons. The average Bonchev–Trinajstić information content (AvgIpc) is 2.73. The maximum atomic E-state index is 11.8. The van der Waals surface area contributed by atoms with Crippen molar-refractivity contribution in [2.45, 2.75) is 73.0 Å². The molecule has 6 heteroatoms. The quantitative estimate of drug-likeness (QED) is 0.420. The Labute approximate surface area is 196 Å². The Morgan fingerprint density at radius 3 is 2.11 bits per heavy atom. The van der Waals surface area contributed by atoms with Gasteiger partial charge in [0.1, 0.15) is 5.78 Å². The summed E-state index contributed by atoms with van der Waals surface area (Å²) in [6.45, 7) is 22.4. The van der Waals surface area contributed by atoms with Gasteiger partial charge in [-0.3, -0.25) is 14.5 Å². The number of thioether (sulfide) groups is 1. The van der Waals surface area contributed by atoms with Crippen molar-refractivity contribution in [3.63, 3.8) is 0 Å². The molecule has 1 aliphatic heterocycles. The van der Waals surface area contributed by atoms with Gasteiger partial charge in [0, 0.05) is 51.1 Å². The van der Waals surface area contributed by atoms with Crippen LogP contribution in [0.2, 0.25) is 0 Å². The van der Waals surface area contributed by atoms with Crippen LogP contribution in [0.1, 0.15) is 67.7 Å². The molecule has 0 spiro atoms. The van der Waals surface area contributed by atoms with E-state index in [9.17, 15) is 14.4 Å². The Morgan fingerprint density at radius 1 is 1.22 bits per heavy atom. The van der Waals surface area contributed by atoms with Gasteiger partial charge in [0.05, 0.1) is 5.25 Å². The molecule has 0 bridgehead atoms. The van der Waals surface area contributed by atoms with Gasteiger partial charge in [-0.15, -0.1) is 11.7 Å². The van der Waals surface area contributed by atoms with Crippen LogP contribution in [0.5, 0.6) is 0 Å². The molecule has 1 aliphatic rings. The Balaban J connectivity index is 0. The summed E-state index contributed by atoms with van der Waals surface area (Å²) in [5.74, 6) is 0.782. The number of carbonyl (C=O) groups excluding carboxylic acids is 3. The summed E-state index contributed by atoms with van der Waals surface area (Å²) in [7, 11) is 0. The predicted octanol–water partition coefficient (Wildman–Crippen LogP) is 4.58. The van der Waals surface area contributed by atoms with Crippen molar-refractivity contribution in [1.29, 1.82) is 0 Å². The zero-order chi connectivity index (χ0) is 20.7. The van der Waals surface area contributed by atoms with Gasteiger partial charge in [-0.25, -0.2) is 0 Å². The molecule has 2 unspecified atom stereocenters. The Kier molecular flexibility index (Phi) is 13.9. The number of rotatable bonds is 6. The van der Waals surface area contributed by atoms with Crippen molar-refractivity contribution in [1.82, 2.24) is 4.90 Å². The van der Waals surface area contributed by atoms with E-state index in [1.165, 1.54) is 16.7 Å². The number of nitrogens with zero attached hydrogens (tertiary/aromatic N) is 1. The monoisotopic (exact) mass is 472 g/mol. The smallest absolute Gasteiger partial charge is 0.242 e. The van der Waals surface area contributed by atoms with E-state index in [1.807, 2.05) is 27.7 Å². The van der Waals surface area contributed by atoms with Crippen molar-refractivity contribution in [3.05, 3.63) is 13.8 Å². The summed E-state index contributed by atoms with van der Waals surface area (Å²) in [5.41, 5.74) is -0.0645. The van der Waals surface area contributed by atoms with Gasteiger partial charge in [0.25, 0.3) is 0 Å². The van der Waals surface area contributed by atoms with E-state index in [4.69, 9.17) is 0 Å². The molecule has 0 aromatic carbocycles. The molecule has 0 N–H and O–H groups in total. The SMILES string of the molecule is [CH2-]C(CC(C)(C)C)C(=O)C(C)(C)C.[CH2-]CSC1CC(=O)N(CCC)C1=O.[Y]. The maximum Gasteiger partial charge on any atom is 0.242 e. The number of amides is 2. The number of hydrogen-bond acceptors (Lipinski definition) is 4. The third-order valence-electron chi connectivity index (χ3n) is 3.94. The fourth-order valence-corrected chi connectivity index (χ4v) is 3.64. The molecule has 2 atom stereocenters. The number of hydrogen-bond donors (Lipinski definition) is 0. The first-order valence-electron chi connectivity index (χ1n) is 9.37. The normalized spacial score (nSPS) is 18.6. The summed E-state index contributed by atoms with van der Waals surface area (Å²) in [6.07, 6.45) is 2.06. The van der Waals surface area contributed by atoms with E-state index in [1.54, 1.807) is 0 Å². The van der Waals surface area contributed by atoms with Crippen LogP contribution in [0, 0.1) is 30.6 Å². The molecular formula is C21H37NO3SY-2. The van der Waals surface area contributed by atoms with Crippen molar-refractivity contribution in [2.24, 2.45) is 16.7 Å². The second-order valence-electron chi connectivity index (χ2n) is 9.02. The molecule has 0 saturated carbocycles. The number of ketones is 1. The molecule has 1 saturated heterocycles. The van der Waals surface area contributed by atoms with Crippen molar-refractivity contribution < 1.29 is 47.1 Å². The van der Waals surface area contributed by atoms with Gasteiger partial charge in [0.15, 0.2) is 0 Å². The van der Waals surface area contributed by atoms with Crippen molar-refractivity contribution >= 4 is 29.4 Å². The first-order chi connectivity index (χ1) is 11.7. The summed E-state index contributed by atoms with van der Waals surface area (Å²) in [6, 6.07) is 0. The van der Waals surface area contributed by atoms with Gasteiger partial charge in [0.2, 0.25) is 11.8 Å². The fourth-order valence-electron chi connectivity index (χ4n) is 2.83. The summed E-state index contributed by atoms with van der Waals surface area (Å²) in [4.78, 5) is 36.0. The van der Waals surface area contributed by atoms with Crippen LogP contribution in [0.15, 0.2) is 0 Å². The molecule has 1 fully saturated rings. The Hall–Kier alpha value is 0.264. The molecule has 1 heterocycles. The van der Waals surface area contributed by atoms with Gasteiger partial charge >= 0.3 is 0 Å². The molecule has 1 rings (SSSR count). The molecule has 27 heavy (non-hydrogen) atoms. The van der Waals surface area contributed by atoms with E-state index >= 15 is 0 Å². The summed E-state index contributed by atoms with van der Waals surface area (Å²) >= 11 is 1.46. The minimum atomic E-state index is -0.252. The van der Waals surface area contributed by atoms with Crippen LogP contribution in [-0.2, 0) is 47.1 Å². The fraction of sp³-hybridized carbons (Fsp3) is 0.762. The van der Waals surface area contributed by atoms with Gasteiger partial charge in [-0.2, -0.15) is 11.8 Å². The molecule has 2 amide bonds. The Morgan fingerprint density at radius 2 is 1.74 bits per heavy atom. The van der Waals surface area contributed by atoms with Crippen LogP contribution in [0.3, 0.4) is 0 Å². The molecular weight excluding hydrogens is 435 g/mol. The van der Waals surface area contributed by atoms with E-state index in [-0.39, 0.29) is 72.3 Å². The minimum absolute atomic E-state index is 0. The van der Waals surface area contributed by atoms with E-state index in [2.05, 4.69) is 34.6 Å². The molecule has 0 aromatic rings. The molecule has 0 aromatic heterocycles. The second-order valence-corrected chi connectivity index (χ2v) is 10.3. The van der Waals surface area contributed by atoms with E-state index < -0.39 is 0 Å². The largest absolute Gasteiger partial charge is 0.334 e. The maximum absolute atomic E-state index is 11.8. The van der Waals surface area contributed by atoms with Gasteiger partial charge in [-0.05, 0) is 11.8 Å². The topological polar surface area (TPSA) is 54.5 Å². The van der Waals surface area contributed by atoms with Crippen LogP contribution in [0.25, 0.3) is 0 Å². The van der Waals surface area contributed by atoms with Crippen LogP contribution in [-0.4, -0.2) is 40.0 Å². The number of imide groups is 1. The first-order valence-corrected chi connectivity index (χ1v) is 10.4. The third-order valence-corrected chi connectivity index (χ3v) is 4.94. The number of carbonyl (C=O) groups is 3. The second kappa shape index (κ2) is 12.7. The van der Waals surface area contributed by atoms with Crippen LogP contribution >= 0.6 is 11.8 Å². The van der Waals surface area contributed by atoms with Gasteiger partial charge in [-0.1, -0.05) is 54.9 Å². The molecule has 4 nitrogen and oxygen atoms in total. The number of likely N-dealkylation sites (tertiary alicyclic amines) is 1. The molecule has 155 valence electrons. The summed E-state index contributed by atoms with van der Waals surface area (Å²) < 4.78 is 0. The van der Waals surface area contributed by atoms with Gasteiger partial charge < -0.3 is 18.6 Å². The third kappa shape index (κ3) is 11.1. The Bertz CT molecular complexity index is 495. The van der Waals surface area contributed by atoms with Crippen LogP contribution < -0.4 is 0 Å². The number of Topliss-reactive ketones (excluding diaryl/α,β-unsaturated/α-hetero) is 1. The van der Waals surface area contributed by atoms with Crippen LogP contribution in [0.4, 0.5) is 0 Å². The minimum Gasteiger partial charge on any atom is -0.334 e. The van der Waals surface area contributed by atoms with E-state index in [0.29, 0.717) is 18.7 Å².